The zero-order valence-corrected chi connectivity index (χ0v) is 11.9. The summed E-state index contributed by atoms with van der Waals surface area (Å²) in [5.74, 6) is -0.539. The van der Waals surface area contributed by atoms with Crippen LogP contribution >= 0.6 is 15.9 Å². The maximum absolute atomic E-state index is 10.9. The Morgan fingerprint density at radius 2 is 2.11 bits per heavy atom. The van der Waals surface area contributed by atoms with Gasteiger partial charge in [-0.05, 0) is 35.7 Å². The van der Waals surface area contributed by atoms with Crippen LogP contribution in [-0.2, 0) is 11.2 Å². The van der Waals surface area contributed by atoms with Crippen molar-refractivity contribution in [1.29, 1.82) is 0 Å². The van der Waals surface area contributed by atoms with Crippen LogP contribution in [-0.4, -0.2) is 16.1 Å². The molecule has 18 heavy (non-hydrogen) atoms. The van der Waals surface area contributed by atoms with Gasteiger partial charge < -0.3 is 5.11 Å². The van der Waals surface area contributed by atoms with Crippen LogP contribution in [0.1, 0.15) is 31.0 Å². The van der Waals surface area contributed by atoms with E-state index in [1.807, 2.05) is 24.3 Å². The standard InChI is InChI=1S/C14H14BrNO2/c1-8(2)13-5-9(6-14(17)18)11-7-10(15)3-4-12(11)16-13/h3-5,7-8H,6H2,1-2H3,(H,17,18). The van der Waals surface area contributed by atoms with Crippen molar-refractivity contribution in [3.8, 4) is 0 Å². The third-order valence-corrected chi connectivity index (χ3v) is 3.30. The first-order chi connectivity index (χ1) is 8.47. The molecule has 0 aliphatic heterocycles. The monoisotopic (exact) mass is 307 g/mol. The van der Waals surface area contributed by atoms with Crippen LogP contribution in [0.15, 0.2) is 28.7 Å². The number of carboxylic acid groups (broad SMARTS) is 1. The fraction of sp³-hybridized carbons (Fsp3) is 0.286. The van der Waals surface area contributed by atoms with Crippen LogP contribution < -0.4 is 0 Å². The molecule has 3 nitrogen and oxygen atoms in total. The third kappa shape index (κ3) is 2.70. The van der Waals surface area contributed by atoms with E-state index in [2.05, 4.69) is 34.8 Å². The highest BCUT2D eigenvalue weighted by molar-refractivity contribution is 9.10. The lowest BCUT2D eigenvalue weighted by atomic mass is 10.0. The van der Waals surface area contributed by atoms with E-state index in [0.717, 1.165) is 26.6 Å². The summed E-state index contributed by atoms with van der Waals surface area (Å²) in [5.41, 5.74) is 2.60. The van der Waals surface area contributed by atoms with Crippen molar-refractivity contribution in [3.63, 3.8) is 0 Å². The summed E-state index contributed by atoms with van der Waals surface area (Å²) in [7, 11) is 0. The number of benzene rings is 1. The molecule has 1 N–H and O–H groups in total. The zero-order chi connectivity index (χ0) is 13.3. The van der Waals surface area contributed by atoms with E-state index in [1.54, 1.807) is 0 Å². The molecule has 4 heteroatoms. The van der Waals surface area contributed by atoms with E-state index in [1.165, 1.54) is 0 Å². The number of aliphatic carboxylic acids is 1. The number of nitrogens with zero attached hydrogens (tertiary/aromatic N) is 1. The van der Waals surface area contributed by atoms with Crippen molar-refractivity contribution in [1.82, 2.24) is 4.98 Å². The predicted molar refractivity (Wildman–Crippen MR) is 74.9 cm³/mol. The van der Waals surface area contributed by atoms with E-state index >= 15 is 0 Å². The van der Waals surface area contributed by atoms with E-state index in [0.29, 0.717) is 0 Å². The number of fused-ring (bicyclic) bond motifs is 1. The second-order valence-electron chi connectivity index (χ2n) is 4.59. The van der Waals surface area contributed by atoms with Crippen LogP contribution in [0, 0.1) is 0 Å². The lowest BCUT2D eigenvalue weighted by molar-refractivity contribution is -0.136. The second-order valence-corrected chi connectivity index (χ2v) is 5.51. The summed E-state index contributed by atoms with van der Waals surface area (Å²) in [5, 5.41) is 9.89. The average Bonchev–Trinajstić information content (AvgIpc) is 2.28. The number of hydrogen-bond acceptors (Lipinski definition) is 2. The quantitative estimate of drug-likeness (QED) is 0.939. The maximum atomic E-state index is 10.9. The molecule has 2 rings (SSSR count). The predicted octanol–water partition coefficient (Wildman–Crippen LogP) is 3.75. The molecule has 0 amide bonds. The Labute approximate surface area is 114 Å². The van der Waals surface area contributed by atoms with Gasteiger partial charge in [-0.1, -0.05) is 29.8 Å². The first-order valence-corrected chi connectivity index (χ1v) is 6.57. The van der Waals surface area contributed by atoms with Gasteiger partial charge in [0.1, 0.15) is 0 Å². The Hall–Kier alpha value is -1.42. The first kappa shape index (κ1) is 13.0. The molecular weight excluding hydrogens is 294 g/mol. The number of hydrogen-bond donors (Lipinski definition) is 1. The molecular formula is C14H14BrNO2. The minimum atomic E-state index is -0.822. The summed E-state index contributed by atoms with van der Waals surface area (Å²) in [6.45, 7) is 4.11. The molecule has 94 valence electrons. The van der Waals surface area contributed by atoms with Crippen molar-refractivity contribution in [2.45, 2.75) is 26.2 Å². The number of rotatable bonds is 3. The fourth-order valence-corrected chi connectivity index (χ4v) is 2.26. The first-order valence-electron chi connectivity index (χ1n) is 5.78. The summed E-state index contributed by atoms with van der Waals surface area (Å²) in [6.07, 6.45) is 0.0230. The van der Waals surface area contributed by atoms with Crippen molar-refractivity contribution in [2.75, 3.05) is 0 Å². The van der Waals surface area contributed by atoms with Gasteiger partial charge in [0.05, 0.1) is 11.9 Å². The summed E-state index contributed by atoms with van der Waals surface area (Å²) in [4.78, 5) is 15.5. The minimum Gasteiger partial charge on any atom is -0.481 e. The molecule has 0 unspecified atom stereocenters. The van der Waals surface area contributed by atoms with E-state index in [9.17, 15) is 4.79 Å². The Morgan fingerprint density at radius 1 is 1.39 bits per heavy atom. The maximum Gasteiger partial charge on any atom is 0.307 e. The average molecular weight is 308 g/mol. The lowest BCUT2D eigenvalue weighted by Crippen LogP contribution is -2.04. The highest BCUT2D eigenvalue weighted by atomic mass is 79.9. The smallest absolute Gasteiger partial charge is 0.307 e. The topological polar surface area (TPSA) is 50.2 Å². The SMILES string of the molecule is CC(C)c1cc(CC(=O)O)c2cc(Br)ccc2n1. The van der Waals surface area contributed by atoms with E-state index < -0.39 is 5.97 Å². The van der Waals surface area contributed by atoms with E-state index in [-0.39, 0.29) is 12.3 Å². The molecule has 0 spiro atoms. The largest absolute Gasteiger partial charge is 0.481 e. The normalized spacial score (nSPS) is 11.1. The zero-order valence-electron chi connectivity index (χ0n) is 10.3. The lowest BCUT2D eigenvalue weighted by Gasteiger charge is -2.10. The van der Waals surface area contributed by atoms with Crippen LogP contribution in [0.3, 0.4) is 0 Å². The van der Waals surface area contributed by atoms with Crippen LogP contribution in [0.5, 0.6) is 0 Å². The molecule has 2 aromatic rings. The second kappa shape index (κ2) is 5.06. The van der Waals surface area contributed by atoms with Crippen molar-refractivity contribution in [2.24, 2.45) is 0 Å². The molecule has 0 atom stereocenters. The van der Waals surface area contributed by atoms with Gasteiger partial charge in [0, 0.05) is 15.6 Å². The van der Waals surface area contributed by atoms with E-state index in [4.69, 9.17) is 5.11 Å². The van der Waals surface area contributed by atoms with Crippen LogP contribution in [0.25, 0.3) is 10.9 Å². The van der Waals surface area contributed by atoms with Gasteiger partial charge in [0.25, 0.3) is 0 Å². The number of carboxylic acids is 1. The number of pyridine rings is 1. The molecule has 1 aromatic carbocycles. The Kier molecular flexibility index (Phi) is 3.66. The summed E-state index contributed by atoms with van der Waals surface area (Å²) < 4.78 is 0.931. The van der Waals surface area contributed by atoms with Gasteiger partial charge in [-0.15, -0.1) is 0 Å². The Balaban J connectivity index is 2.68. The minimum absolute atomic E-state index is 0.0230. The highest BCUT2D eigenvalue weighted by Gasteiger charge is 2.11. The number of carbonyl (C=O) groups is 1. The van der Waals surface area contributed by atoms with Crippen molar-refractivity contribution in [3.05, 3.63) is 40.0 Å². The molecule has 0 radical (unpaired) electrons. The van der Waals surface area contributed by atoms with Crippen LogP contribution in [0.4, 0.5) is 0 Å². The third-order valence-electron chi connectivity index (χ3n) is 2.81. The summed E-state index contributed by atoms with van der Waals surface area (Å²) >= 11 is 3.41. The summed E-state index contributed by atoms with van der Waals surface area (Å²) in [6, 6.07) is 7.65. The van der Waals surface area contributed by atoms with Gasteiger partial charge in [-0.3, -0.25) is 9.78 Å². The van der Waals surface area contributed by atoms with Gasteiger partial charge in [0.15, 0.2) is 0 Å². The van der Waals surface area contributed by atoms with Gasteiger partial charge >= 0.3 is 5.97 Å². The van der Waals surface area contributed by atoms with Crippen molar-refractivity contribution >= 4 is 32.8 Å². The highest BCUT2D eigenvalue weighted by Crippen LogP contribution is 2.25. The molecule has 0 aliphatic rings. The number of halogens is 1. The van der Waals surface area contributed by atoms with Crippen molar-refractivity contribution < 1.29 is 9.90 Å². The molecule has 0 aliphatic carbocycles. The van der Waals surface area contributed by atoms with Gasteiger partial charge in [-0.2, -0.15) is 0 Å². The molecule has 1 heterocycles. The molecule has 0 saturated carbocycles. The molecule has 1 aromatic heterocycles. The van der Waals surface area contributed by atoms with Gasteiger partial charge in [-0.25, -0.2) is 0 Å². The Bertz CT molecular complexity index is 608. The molecule has 0 fully saturated rings. The Morgan fingerprint density at radius 3 is 2.72 bits per heavy atom. The van der Waals surface area contributed by atoms with Gasteiger partial charge in [0.2, 0.25) is 0 Å². The fourth-order valence-electron chi connectivity index (χ4n) is 1.90. The van der Waals surface area contributed by atoms with Crippen LogP contribution in [0.2, 0.25) is 0 Å². The molecule has 0 bridgehead atoms. The molecule has 0 saturated heterocycles. The number of aromatic nitrogens is 1.